The zero-order chi connectivity index (χ0) is 9.84. The van der Waals surface area contributed by atoms with E-state index in [0.29, 0.717) is 19.8 Å². The van der Waals surface area contributed by atoms with E-state index < -0.39 is 0 Å². The first-order chi connectivity index (χ1) is 6.11. The normalized spacial score (nSPS) is 27.2. The molecule has 1 rings (SSSR count). The van der Waals surface area contributed by atoms with Crippen LogP contribution in [0.2, 0.25) is 0 Å². The van der Waals surface area contributed by atoms with Gasteiger partial charge in [-0.05, 0) is 6.92 Å². The largest absolute Gasteiger partial charge is 0.379 e. The van der Waals surface area contributed by atoms with E-state index in [0.717, 1.165) is 5.57 Å². The number of nitrogens with two attached hydrogens (primary N) is 1. The van der Waals surface area contributed by atoms with Gasteiger partial charge in [0.1, 0.15) is 0 Å². The quantitative estimate of drug-likeness (QED) is 0.589. The van der Waals surface area contributed by atoms with Crippen LogP contribution in [0.5, 0.6) is 0 Å². The summed E-state index contributed by atoms with van der Waals surface area (Å²) in [4.78, 5) is 11.4. The molecule has 0 aromatic heterocycles. The maximum absolute atomic E-state index is 11.4. The van der Waals surface area contributed by atoms with Crippen molar-refractivity contribution in [3.8, 4) is 0 Å². The van der Waals surface area contributed by atoms with Crippen LogP contribution in [0.4, 0.5) is 0 Å². The third kappa shape index (κ3) is 2.82. The number of carbonyl (C=O) groups is 1. The molecule has 2 atom stereocenters. The first-order valence-electron chi connectivity index (χ1n) is 4.36. The molecular formula is C9H16N2O2. The fourth-order valence-electron chi connectivity index (χ4n) is 1.21. The van der Waals surface area contributed by atoms with Crippen molar-refractivity contribution in [1.82, 2.24) is 5.32 Å². The van der Waals surface area contributed by atoms with Crippen LogP contribution in [-0.4, -0.2) is 31.7 Å². The molecule has 13 heavy (non-hydrogen) atoms. The summed E-state index contributed by atoms with van der Waals surface area (Å²) < 4.78 is 5.09. The van der Waals surface area contributed by atoms with Crippen molar-refractivity contribution in [3.05, 3.63) is 12.2 Å². The number of nitrogens with one attached hydrogen (secondary N) is 1. The zero-order valence-corrected chi connectivity index (χ0v) is 7.88. The van der Waals surface area contributed by atoms with Crippen molar-refractivity contribution < 1.29 is 9.53 Å². The van der Waals surface area contributed by atoms with Crippen LogP contribution in [0.3, 0.4) is 0 Å². The van der Waals surface area contributed by atoms with E-state index in [4.69, 9.17) is 10.5 Å². The molecule has 0 saturated carbocycles. The summed E-state index contributed by atoms with van der Waals surface area (Å²) >= 11 is 0. The maximum atomic E-state index is 11.4. The highest BCUT2D eigenvalue weighted by Crippen LogP contribution is 2.11. The molecule has 1 saturated heterocycles. The van der Waals surface area contributed by atoms with Crippen molar-refractivity contribution >= 4 is 5.91 Å². The molecule has 0 spiro atoms. The van der Waals surface area contributed by atoms with Gasteiger partial charge >= 0.3 is 0 Å². The molecule has 4 heteroatoms. The Labute approximate surface area is 78.1 Å². The molecule has 1 aliphatic heterocycles. The van der Waals surface area contributed by atoms with Gasteiger partial charge in [-0.1, -0.05) is 12.2 Å². The van der Waals surface area contributed by atoms with Crippen LogP contribution in [0, 0.1) is 5.92 Å². The lowest BCUT2D eigenvalue weighted by atomic mass is 10.0. The SMILES string of the molecule is C=C(C)CNC(=O)C1COCC1N. The van der Waals surface area contributed by atoms with Crippen molar-refractivity contribution in [2.75, 3.05) is 19.8 Å². The number of rotatable bonds is 3. The standard InChI is InChI=1S/C9H16N2O2/c1-6(2)3-11-9(12)7-4-13-5-8(7)10/h7-8H,1,3-5,10H2,2H3,(H,11,12). The summed E-state index contributed by atoms with van der Waals surface area (Å²) in [5, 5.41) is 2.76. The molecule has 1 amide bonds. The Morgan fingerprint density at radius 3 is 2.85 bits per heavy atom. The lowest BCUT2D eigenvalue weighted by Crippen LogP contribution is -2.41. The first kappa shape index (κ1) is 10.2. The molecule has 0 bridgehead atoms. The van der Waals surface area contributed by atoms with E-state index in [9.17, 15) is 4.79 Å². The summed E-state index contributed by atoms with van der Waals surface area (Å²) in [6, 6.07) is -0.162. The molecule has 1 aliphatic rings. The van der Waals surface area contributed by atoms with Crippen LogP contribution >= 0.6 is 0 Å². The molecule has 0 radical (unpaired) electrons. The lowest BCUT2D eigenvalue weighted by molar-refractivity contribution is -0.125. The van der Waals surface area contributed by atoms with Crippen LogP contribution < -0.4 is 11.1 Å². The molecule has 2 unspecified atom stereocenters. The van der Waals surface area contributed by atoms with Gasteiger partial charge in [0.05, 0.1) is 19.1 Å². The second-order valence-corrected chi connectivity index (χ2v) is 3.48. The average Bonchev–Trinajstić information content (AvgIpc) is 2.47. The van der Waals surface area contributed by atoms with E-state index in [2.05, 4.69) is 11.9 Å². The Balaban J connectivity index is 2.34. The van der Waals surface area contributed by atoms with E-state index in [-0.39, 0.29) is 17.9 Å². The molecule has 0 aliphatic carbocycles. The molecule has 0 aromatic carbocycles. The van der Waals surface area contributed by atoms with Crippen molar-refractivity contribution in [1.29, 1.82) is 0 Å². The molecule has 3 N–H and O–H groups in total. The predicted octanol–water partition coefficient (Wildman–Crippen LogP) is -0.348. The number of hydrogen-bond donors (Lipinski definition) is 2. The second-order valence-electron chi connectivity index (χ2n) is 3.48. The zero-order valence-electron chi connectivity index (χ0n) is 7.88. The Hall–Kier alpha value is -0.870. The smallest absolute Gasteiger partial charge is 0.227 e. The Morgan fingerprint density at radius 2 is 2.38 bits per heavy atom. The average molecular weight is 184 g/mol. The van der Waals surface area contributed by atoms with Crippen LogP contribution in [0.15, 0.2) is 12.2 Å². The Bertz CT molecular complexity index is 216. The molecule has 1 fully saturated rings. The van der Waals surface area contributed by atoms with E-state index >= 15 is 0 Å². The second kappa shape index (κ2) is 4.39. The minimum absolute atomic E-state index is 0.0343. The van der Waals surface area contributed by atoms with E-state index in [1.165, 1.54) is 0 Å². The minimum Gasteiger partial charge on any atom is -0.379 e. The summed E-state index contributed by atoms with van der Waals surface area (Å²) in [5.74, 6) is -0.229. The van der Waals surface area contributed by atoms with Crippen molar-refractivity contribution in [2.24, 2.45) is 11.7 Å². The topological polar surface area (TPSA) is 64.3 Å². The number of ether oxygens (including phenoxy) is 1. The summed E-state index contributed by atoms with van der Waals surface area (Å²) in [7, 11) is 0. The molecular weight excluding hydrogens is 168 g/mol. The van der Waals surface area contributed by atoms with Crippen molar-refractivity contribution in [3.63, 3.8) is 0 Å². The van der Waals surface area contributed by atoms with E-state index in [1.807, 2.05) is 6.92 Å². The Morgan fingerprint density at radius 1 is 1.69 bits per heavy atom. The van der Waals surface area contributed by atoms with Crippen LogP contribution in [-0.2, 0) is 9.53 Å². The van der Waals surface area contributed by atoms with E-state index in [1.54, 1.807) is 0 Å². The molecule has 74 valence electrons. The summed E-state index contributed by atoms with van der Waals surface area (Å²) in [6.45, 7) is 6.99. The molecule has 1 heterocycles. The van der Waals surface area contributed by atoms with Gasteiger partial charge in [0.15, 0.2) is 0 Å². The molecule has 0 aromatic rings. The third-order valence-electron chi connectivity index (χ3n) is 2.03. The Kier molecular flexibility index (Phi) is 3.45. The first-order valence-corrected chi connectivity index (χ1v) is 4.36. The monoisotopic (exact) mass is 184 g/mol. The third-order valence-corrected chi connectivity index (χ3v) is 2.03. The van der Waals surface area contributed by atoms with Gasteiger partial charge in [0.25, 0.3) is 0 Å². The van der Waals surface area contributed by atoms with Gasteiger partial charge < -0.3 is 15.8 Å². The fraction of sp³-hybridized carbons (Fsp3) is 0.667. The highest BCUT2D eigenvalue weighted by atomic mass is 16.5. The fourth-order valence-corrected chi connectivity index (χ4v) is 1.21. The summed E-state index contributed by atoms with van der Waals surface area (Å²) in [5.41, 5.74) is 6.61. The van der Waals surface area contributed by atoms with Crippen LogP contribution in [0.1, 0.15) is 6.92 Å². The molecule has 4 nitrogen and oxygen atoms in total. The van der Waals surface area contributed by atoms with Gasteiger partial charge in [0.2, 0.25) is 5.91 Å². The van der Waals surface area contributed by atoms with Gasteiger partial charge in [-0.15, -0.1) is 0 Å². The predicted molar refractivity (Wildman–Crippen MR) is 50.1 cm³/mol. The highest BCUT2D eigenvalue weighted by Gasteiger charge is 2.30. The number of amides is 1. The van der Waals surface area contributed by atoms with Gasteiger partial charge in [-0.2, -0.15) is 0 Å². The summed E-state index contributed by atoms with van der Waals surface area (Å²) in [6.07, 6.45) is 0. The minimum atomic E-state index is -0.195. The van der Waals surface area contributed by atoms with Gasteiger partial charge in [-0.25, -0.2) is 0 Å². The lowest BCUT2D eigenvalue weighted by Gasteiger charge is -2.12. The maximum Gasteiger partial charge on any atom is 0.227 e. The van der Waals surface area contributed by atoms with Gasteiger partial charge in [-0.3, -0.25) is 4.79 Å². The highest BCUT2D eigenvalue weighted by molar-refractivity contribution is 5.80. The number of hydrogen-bond acceptors (Lipinski definition) is 3. The van der Waals surface area contributed by atoms with Gasteiger partial charge in [0, 0.05) is 12.6 Å². The number of carbonyl (C=O) groups excluding carboxylic acids is 1. The van der Waals surface area contributed by atoms with Crippen molar-refractivity contribution in [2.45, 2.75) is 13.0 Å². The van der Waals surface area contributed by atoms with Crippen LogP contribution in [0.25, 0.3) is 0 Å².